The zero-order valence-corrected chi connectivity index (χ0v) is 16.1. The van der Waals surface area contributed by atoms with E-state index in [1.807, 2.05) is 60.7 Å². The van der Waals surface area contributed by atoms with Gasteiger partial charge in [0.05, 0.1) is 24.0 Å². The minimum Gasteiger partial charge on any atom is -0.389 e. The van der Waals surface area contributed by atoms with Gasteiger partial charge in [0.1, 0.15) is 0 Å². The predicted octanol–water partition coefficient (Wildman–Crippen LogP) is 3.73. The second-order valence-electron chi connectivity index (χ2n) is 8.19. The molecular weight excluding hydrogens is 350 g/mol. The molecule has 0 radical (unpaired) electrons. The van der Waals surface area contributed by atoms with Crippen LogP contribution in [0, 0.1) is 11.8 Å². The van der Waals surface area contributed by atoms with Gasteiger partial charge in [0.25, 0.3) is 0 Å². The van der Waals surface area contributed by atoms with Gasteiger partial charge in [-0.25, -0.2) is 0 Å². The van der Waals surface area contributed by atoms with E-state index in [0.29, 0.717) is 19.3 Å². The first kappa shape index (κ1) is 18.9. The van der Waals surface area contributed by atoms with Crippen LogP contribution >= 0.6 is 0 Å². The van der Waals surface area contributed by atoms with Crippen LogP contribution in [0.25, 0.3) is 0 Å². The zero-order valence-electron chi connectivity index (χ0n) is 16.1. The maximum atomic E-state index is 13.4. The van der Waals surface area contributed by atoms with Crippen LogP contribution in [0.3, 0.4) is 0 Å². The van der Waals surface area contributed by atoms with Crippen molar-refractivity contribution < 1.29 is 14.7 Å². The van der Waals surface area contributed by atoms with Crippen molar-refractivity contribution in [3.8, 4) is 0 Å². The lowest BCUT2D eigenvalue weighted by molar-refractivity contribution is -0.144. The second-order valence-corrected chi connectivity index (χ2v) is 8.19. The van der Waals surface area contributed by atoms with Crippen LogP contribution < -0.4 is 0 Å². The van der Waals surface area contributed by atoms with E-state index < -0.39 is 17.4 Å². The number of hydrogen-bond donors (Lipinski definition) is 1. The minimum absolute atomic E-state index is 0.151. The Morgan fingerprint density at radius 3 is 2.00 bits per heavy atom. The van der Waals surface area contributed by atoms with Crippen LogP contribution in [0.1, 0.15) is 43.2 Å². The third-order valence-corrected chi connectivity index (χ3v) is 6.30. The van der Waals surface area contributed by atoms with Gasteiger partial charge in [-0.3, -0.25) is 14.5 Å². The number of rotatable bonds is 5. The molecule has 1 saturated heterocycles. The maximum Gasteiger partial charge on any atom is 0.236 e. The fourth-order valence-corrected chi connectivity index (χ4v) is 4.87. The van der Waals surface area contributed by atoms with Gasteiger partial charge in [-0.05, 0) is 30.4 Å². The Morgan fingerprint density at radius 1 is 0.821 bits per heavy atom. The van der Waals surface area contributed by atoms with Crippen LogP contribution in [0.4, 0.5) is 0 Å². The van der Waals surface area contributed by atoms with E-state index >= 15 is 0 Å². The Bertz CT molecular complexity index is 827. The van der Waals surface area contributed by atoms with Crippen LogP contribution in [0.5, 0.6) is 0 Å². The van der Waals surface area contributed by atoms with Crippen molar-refractivity contribution in [3.63, 3.8) is 0 Å². The molecule has 2 fully saturated rings. The molecule has 0 spiro atoms. The van der Waals surface area contributed by atoms with Crippen molar-refractivity contribution in [1.82, 2.24) is 4.90 Å². The molecule has 2 aromatic rings. The van der Waals surface area contributed by atoms with E-state index in [-0.39, 0.29) is 18.4 Å². The minimum atomic E-state index is -1.07. The molecule has 4 heteroatoms. The third kappa shape index (κ3) is 3.61. The normalized spacial score (nSPS) is 24.5. The smallest absolute Gasteiger partial charge is 0.236 e. The number of carbonyl (C=O) groups is 2. The fourth-order valence-electron chi connectivity index (χ4n) is 4.87. The van der Waals surface area contributed by atoms with Crippen LogP contribution in [-0.2, 0) is 22.6 Å². The molecule has 1 N–H and O–H groups in total. The average Bonchev–Trinajstić information content (AvgIpc) is 2.95. The quantitative estimate of drug-likeness (QED) is 0.808. The number of aliphatic hydroxyl groups is 1. The van der Waals surface area contributed by atoms with E-state index in [1.54, 1.807) is 0 Å². The van der Waals surface area contributed by atoms with Crippen molar-refractivity contribution >= 4 is 11.8 Å². The first-order chi connectivity index (χ1) is 13.6. The Kier molecular flexibility index (Phi) is 5.31. The van der Waals surface area contributed by atoms with Crippen LogP contribution in [-0.4, -0.2) is 27.4 Å². The molecule has 0 bridgehead atoms. The van der Waals surface area contributed by atoms with E-state index in [1.165, 1.54) is 4.90 Å². The number of nitrogens with zero attached hydrogens (tertiary/aromatic N) is 1. The highest BCUT2D eigenvalue weighted by Gasteiger charge is 2.56. The van der Waals surface area contributed by atoms with Crippen molar-refractivity contribution in [1.29, 1.82) is 0 Å². The molecule has 4 nitrogen and oxygen atoms in total. The van der Waals surface area contributed by atoms with E-state index in [2.05, 4.69) is 0 Å². The number of imide groups is 1. The van der Waals surface area contributed by atoms with Crippen LogP contribution in [0.15, 0.2) is 60.7 Å². The number of hydrogen-bond acceptors (Lipinski definition) is 3. The highest BCUT2D eigenvalue weighted by Crippen LogP contribution is 2.44. The van der Waals surface area contributed by atoms with Gasteiger partial charge >= 0.3 is 0 Å². The zero-order chi connectivity index (χ0) is 19.6. The molecule has 0 aromatic heterocycles. The summed E-state index contributed by atoms with van der Waals surface area (Å²) in [5.41, 5.74) is 0.883. The monoisotopic (exact) mass is 377 g/mol. The lowest BCUT2D eigenvalue weighted by Gasteiger charge is -2.38. The van der Waals surface area contributed by atoms with E-state index in [9.17, 15) is 14.7 Å². The third-order valence-electron chi connectivity index (χ3n) is 6.30. The van der Waals surface area contributed by atoms with Crippen molar-refractivity contribution in [2.24, 2.45) is 11.8 Å². The van der Waals surface area contributed by atoms with Gasteiger partial charge in [0.2, 0.25) is 11.8 Å². The van der Waals surface area contributed by atoms with Crippen molar-refractivity contribution in [3.05, 3.63) is 71.8 Å². The molecule has 1 aliphatic carbocycles. The topological polar surface area (TPSA) is 57.6 Å². The summed E-state index contributed by atoms with van der Waals surface area (Å²) >= 11 is 0. The summed E-state index contributed by atoms with van der Waals surface area (Å²) in [5.74, 6) is -1.51. The first-order valence-electron chi connectivity index (χ1n) is 10.2. The molecule has 1 aliphatic heterocycles. The molecular formula is C24H27NO3. The molecule has 4 rings (SSSR count). The lowest BCUT2D eigenvalue weighted by Crippen LogP contribution is -2.46. The molecule has 146 valence electrons. The van der Waals surface area contributed by atoms with Crippen molar-refractivity contribution in [2.75, 3.05) is 0 Å². The molecule has 28 heavy (non-hydrogen) atoms. The molecule has 2 aromatic carbocycles. The Hall–Kier alpha value is -2.46. The molecule has 2 atom stereocenters. The first-order valence-corrected chi connectivity index (χ1v) is 10.2. The largest absolute Gasteiger partial charge is 0.389 e. The molecule has 1 heterocycles. The summed E-state index contributed by atoms with van der Waals surface area (Å²) in [6, 6.07) is 19.4. The van der Waals surface area contributed by atoms with Crippen molar-refractivity contribution in [2.45, 2.75) is 50.7 Å². The Labute approximate surface area is 166 Å². The SMILES string of the molecule is O=C1[C@@H](Cc2ccccc2)[C@H](C2(O)CCCCC2)C(=O)N1Cc1ccccc1. The van der Waals surface area contributed by atoms with Gasteiger partial charge < -0.3 is 5.11 Å². The Morgan fingerprint density at radius 2 is 1.39 bits per heavy atom. The number of amides is 2. The molecule has 1 saturated carbocycles. The van der Waals surface area contributed by atoms with Gasteiger partial charge in [-0.2, -0.15) is 0 Å². The summed E-state index contributed by atoms with van der Waals surface area (Å²) in [6.45, 7) is 0.274. The number of benzene rings is 2. The fraction of sp³-hybridized carbons (Fsp3) is 0.417. The number of carbonyl (C=O) groups excluding carboxylic acids is 2. The van der Waals surface area contributed by atoms with Gasteiger partial charge in [-0.1, -0.05) is 79.9 Å². The summed E-state index contributed by atoms with van der Waals surface area (Å²) in [7, 11) is 0. The highest BCUT2D eigenvalue weighted by molar-refractivity contribution is 6.05. The summed E-state index contributed by atoms with van der Waals surface area (Å²) in [6.07, 6.45) is 4.58. The van der Waals surface area contributed by atoms with Gasteiger partial charge in [0, 0.05) is 0 Å². The highest BCUT2D eigenvalue weighted by atomic mass is 16.3. The molecule has 2 aliphatic rings. The molecule has 2 amide bonds. The predicted molar refractivity (Wildman–Crippen MR) is 107 cm³/mol. The van der Waals surface area contributed by atoms with Crippen LogP contribution in [0.2, 0.25) is 0 Å². The van der Waals surface area contributed by atoms with E-state index in [0.717, 1.165) is 30.4 Å². The summed E-state index contributed by atoms with van der Waals surface area (Å²) in [4.78, 5) is 28.1. The second kappa shape index (κ2) is 7.88. The Balaban J connectivity index is 1.65. The molecule has 0 unspecified atom stereocenters. The standard InChI is InChI=1S/C24H27NO3/c26-22-20(16-18-10-4-1-5-11-18)21(24(28)14-8-3-9-15-24)23(27)25(22)17-19-12-6-2-7-13-19/h1-2,4-7,10-13,20-21,28H,3,8-9,14-17H2/t20-,21-/m0/s1. The lowest BCUT2D eigenvalue weighted by atomic mass is 9.70. The maximum absolute atomic E-state index is 13.4. The van der Waals surface area contributed by atoms with E-state index in [4.69, 9.17) is 0 Å². The van der Waals surface area contributed by atoms with Gasteiger partial charge in [-0.15, -0.1) is 0 Å². The average molecular weight is 377 g/mol. The number of likely N-dealkylation sites (tertiary alicyclic amines) is 1. The summed E-state index contributed by atoms with van der Waals surface area (Å²) in [5, 5.41) is 11.4. The summed E-state index contributed by atoms with van der Waals surface area (Å²) < 4.78 is 0. The van der Waals surface area contributed by atoms with Gasteiger partial charge in [0.15, 0.2) is 0 Å².